The number of benzene rings is 1. The zero-order chi connectivity index (χ0) is 15.1. The van der Waals surface area contributed by atoms with Gasteiger partial charge in [0.2, 0.25) is 0 Å². The summed E-state index contributed by atoms with van der Waals surface area (Å²) in [5.74, 6) is 1.92. The number of rotatable bonds is 4. The quantitative estimate of drug-likeness (QED) is 0.463. The molecule has 1 heterocycles. The van der Waals surface area contributed by atoms with Crippen LogP contribution in [0.2, 0.25) is 0 Å². The van der Waals surface area contributed by atoms with Gasteiger partial charge < -0.3 is 19.9 Å². The fourth-order valence-corrected chi connectivity index (χ4v) is 2.54. The molecule has 1 aliphatic rings. The third kappa shape index (κ3) is 4.93. The minimum atomic E-state index is 0. The largest absolute Gasteiger partial charge is 0.497 e. The molecule has 1 N–H and O–H groups in total. The van der Waals surface area contributed by atoms with Crippen molar-refractivity contribution in [1.82, 2.24) is 10.2 Å². The predicted molar refractivity (Wildman–Crippen MR) is 104 cm³/mol. The Kier molecular flexibility index (Phi) is 8.37. The van der Waals surface area contributed by atoms with Crippen molar-refractivity contribution in [1.29, 1.82) is 0 Å². The van der Waals surface area contributed by atoms with Crippen molar-refractivity contribution in [3.8, 4) is 5.75 Å². The number of nitrogens with zero attached hydrogens (tertiary/aromatic N) is 3. The van der Waals surface area contributed by atoms with Crippen LogP contribution >= 0.6 is 24.0 Å². The molecule has 0 atom stereocenters. The van der Waals surface area contributed by atoms with Crippen LogP contribution in [-0.2, 0) is 0 Å². The molecule has 1 aliphatic heterocycles. The van der Waals surface area contributed by atoms with Crippen molar-refractivity contribution in [2.24, 2.45) is 4.99 Å². The first-order chi connectivity index (χ1) is 10.3. The van der Waals surface area contributed by atoms with Gasteiger partial charge in [0.25, 0.3) is 0 Å². The number of anilines is 1. The maximum absolute atomic E-state index is 5.21. The summed E-state index contributed by atoms with van der Waals surface area (Å²) < 4.78 is 5.21. The number of piperazine rings is 1. The Morgan fingerprint density at radius 1 is 1.18 bits per heavy atom. The smallest absolute Gasteiger partial charge is 0.193 e. The minimum Gasteiger partial charge on any atom is -0.497 e. The van der Waals surface area contributed by atoms with Crippen LogP contribution in [0.3, 0.4) is 0 Å². The topological polar surface area (TPSA) is 40.1 Å². The standard InChI is InChI=1S/C16H26N4O.HI/c1-4-9-18-16(17-2)20-12-10-19(11-13-20)14-5-7-15(21-3)8-6-14;/h5-8H,4,9-13H2,1-3H3,(H,17,18);1H. The highest BCUT2D eigenvalue weighted by atomic mass is 127. The molecule has 0 bridgehead atoms. The second-order valence-corrected chi connectivity index (χ2v) is 5.15. The minimum absolute atomic E-state index is 0. The first kappa shape index (κ1) is 18.9. The lowest BCUT2D eigenvalue weighted by molar-refractivity contribution is 0.372. The van der Waals surface area contributed by atoms with Crippen molar-refractivity contribution in [3.05, 3.63) is 24.3 Å². The number of ether oxygens (including phenoxy) is 1. The number of hydrogen-bond donors (Lipinski definition) is 1. The molecule has 0 saturated carbocycles. The predicted octanol–water partition coefficient (Wildman–Crippen LogP) is 2.42. The van der Waals surface area contributed by atoms with Crippen LogP contribution in [0.4, 0.5) is 5.69 Å². The molecule has 1 aromatic rings. The maximum atomic E-state index is 5.21. The summed E-state index contributed by atoms with van der Waals surface area (Å²) in [5, 5.41) is 3.40. The Hall–Kier alpha value is -1.18. The molecule has 0 amide bonds. The van der Waals surface area contributed by atoms with Gasteiger partial charge in [-0.25, -0.2) is 0 Å². The van der Waals surface area contributed by atoms with Gasteiger partial charge in [0.1, 0.15) is 5.75 Å². The monoisotopic (exact) mass is 418 g/mol. The lowest BCUT2D eigenvalue weighted by Crippen LogP contribution is -2.52. The van der Waals surface area contributed by atoms with Crippen LogP contribution in [0.25, 0.3) is 0 Å². The highest BCUT2D eigenvalue weighted by Crippen LogP contribution is 2.20. The Bertz CT molecular complexity index is 456. The van der Waals surface area contributed by atoms with Crippen LogP contribution in [0.1, 0.15) is 13.3 Å². The van der Waals surface area contributed by atoms with Crippen molar-refractivity contribution >= 4 is 35.6 Å². The van der Waals surface area contributed by atoms with Crippen molar-refractivity contribution in [2.45, 2.75) is 13.3 Å². The van der Waals surface area contributed by atoms with E-state index in [2.05, 4.69) is 39.2 Å². The highest BCUT2D eigenvalue weighted by molar-refractivity contribution is 14.0. The molecule has 1 aromatic carbocycles. The normalized spacial score (nSPS) is 15.3. The molecule has 22 heavy (non-hydrogen) atoms. The average Bonchev–Trinajstić information content (AvgIpc) is 2.56. The molecule has 1 saturated heterocycles. The average molecular weight is 418 g/mol. The van der Waals surface area contributed by atoms with E-state index in [1.165, 1.54) is 5.69 Å². The number of methoxy groups -OCH3 is 1. The van der Waals surface area contributed by atoms with Crippen molar-refractivity contribution in [2.75, 3.05) is 51.8 Å². The number of guanidine groups is 1. The van der Waals surface area contributed by atoms with Gasteiger partial charge in [-0.1, -0.05) is 6.92 Å². The molecule has 0 spiro atoms. The molecule has 2 rings (SSSR count). The van der Waals surface area contributed by atoms with Gasteiger partial charge in [-0.2, -0.15) is 0 Å². The lowest BCUT2D eigenvalue weighted by Gasteiger charge is -2.37. The van der Waals surface area contributed by atoms with Gasteiger partial charge in [-0.3, -0.25) is 4.99 Å². The Labute approximate surface area is 150 Å². The summed E-state index contributed by atoms with van der Waals surface area (Å²) in [6, 6.07) is 8.28. The van der Waals surface area contributed by atoms with Gasteiger partial charge in [0, 0.05) is 45.5 Å². The molecule has 0 radical (unpaired) electrons. The van der Waals surface area contributed by atoms with E-state index >= 15 is 0 Å². The first-order valence-electron chi connectivity index (χ1n) is 7.63. The molecular formula is C16H27IN4O. The molecular weight excluding hydrogens is 391 g/mol. The Morgan fingerprint density at radius 3 is 2.32 bits per heavy atom. The highest BCUT2D eigenvalue weighted by Gasteiger charge is 2.19. The third-order valence-corrected chi connectivity index (χ3v) is 3.76. The summed E-state index contributed by atoms with van der Waals surface area (Å²) in [7, 11) is 3.55. The van der Waals surface area contributed by atoms with E-state index in [0.717, 1.165) is 50.9 Å². The van der Waals surface area contributed by atoms with E-state index in [1.54, 1.807) is 7.11 Å². The summed E-state index contributed by atoms with van der Waals surface area (Å²) in [4.78, 5) is 9.10. The number of hydrogen-bond acceptors (Lipinski definition) is 3. The zero-order valence-corrected chi connectivity index (χ0v) is 16.0. The fraction of sp³-hybridized carbons (Fsp3) is 0.562. The van der Waals surface area contributed by atoms with Gasteiger partial charge >= 0.3 is 0 Å². The van der Waals surface area contributed by atoms with E-state index in [0.29, 0.717) is 0 Å². The summed E-state index contributed by atoms with van der Waals surface area (Å²) >= 11 is 0. The van der Waals surface area contributed by atoms with Crippen molar-refractivity contribution < 1.29 is 4.74 Å². The Balaban J connectivity index is 0.00000242. The molecule has 6 heteroatoms. The van der Waals surface area contributed by atoms with E-state index in [-0.39, 0.29) is 24.0 Å². The van der Waals surface area contributed by atoms with Gasteiger partial charge in [-0.05, 0) is 30.7 Å². The number of halogens is 1. The fourth-order valence-electron chi connectivity index (χ4n) is 2.54. The molecule has 5 nitrogen and oxygen atoms in total. The van der Waals surface area contributed by atoms with E-state index in [9.17, 15) is 0 Å². The summed E-state index contributed by atoms with van der Waals surface area (Å²) in [5.41, 5.74) is 1.26. The second kappa shape index (κ2) is 9.76. The van der Waals surface area contributed by atoms with Gasteiger partial charge in [0.05, 0.1) is 7.11 Å². The number of aliphatic imine (C=N–C) groups is 1. The zero-order valence-electron chi connectivity index (χ0n) is 13.7. The van der Waals surface area contributed by atoms with E-state index in [4.69, 9.17) is 4.74 Å². The summed E-state index contributed by atoms with van der Waals surface area (Å²) in [6.45, 7) is 7.16. The molecule has 0 aliphatic carbocycles. The van der Waals surface area contributed by atoms with Crippen molar-refractivity contribution in [3.63, 3.8) is 0 Å². The van der Waals surface area contributed by atoms with E-state index in [1.807, 2.05) is 19.2 Å². The van der Waals surface area contributed by atoms with Crippen LogP contribution in [-0.4, -0.2) is 57.7 Å². The van der Waals surface area contributed by atoms with Crippen LogP contribution in [0, 0.1) is 0 Å². The second-order valence-electron chi connectivity index (χ2n) is 5.15. The third-order valence-electron chi connectivity index (χ3n) is 3.76. The number of nitrogens with one attached hydrogen (secondary N) is 1. The summed E-state index contributed by atoms with van der Waals surface area (Å²) in [6.07, 6.45) is 1.12. The molecule has 1 fully saturated rings. The lowest BCUT2D eigenvalue weighted by atomic mass is 10.2. The van der Waals surface area contributed by atoms with Gasteiger partial charge in [0.15, 0.2) is 5.96 Å². The van der Waals surface area contributed by atoms with Crippen LogP contribution < -0.4 is 15.0 Å². The van der Waals surface area contributed by atoms with Crippen LogP contribution in [0.15, 0.2) is 29.3 Å². The molecule has 0 aromatic heterocycles. The van der Waals surface area contributed by atoms with Gasteiger partial charge in [-0.15, -0.1) is 24.0 Å². The molecule has 0 unspecified atom stereocenters. The Morgan fingerprint density at radius 2 is 1.82 bits per heavy atom. The van der Waals surface area contributed by atoms with E-state index < -0.39 is 0 Å². The SMILES string of the molecule is CCCNC(=NC)N1CCN(c2ccc(OC)cc2)CC1.I. The molecule has 124 valence electrons. The maximum Gasteiger partial charge on any atom is 0.193 e. The van der Waals surface area contributed by atoms with Crippen LogP contribution in [0.5, 0.6) is 5.75 Å². The first-order valence-corrected chi connectivity index (χ1v) is 7.63.